The highest BCUT2D eigenvalue weighted by molar-refractivity contribution is 6.30. The Morgan fingerprint density at radius 2 is 1.73 bits per heavy atom. The van der Waals surface area contributed by atoms with Gasteiger partial charge in [0.05, 0.1) is 0 Å². The number of benzene rings is 1. The Morgan fingerprint density at radius 1 is 1.09 bits per heavy atom. The standard InChI is InChI=1S/C15H15ClN4O2/c1-9(21)18-14-12(7-11-3-5-13(16)6-4-11)8-17-15(20-14)19-10(2)22/h3-6,8H,7H2,1-2H3,(H2,17,18,19,20,21,22). The van der Waals surface area contributed by atoms with Gasteiger partial charge < -0.3 is 5.32 Å². The number of hydrogen-bond donors (Lipinski definition) is 2. The maximum Gasteiger partial charge on any atom is 0.231 e. The topological polar surface area (TPSA) is 84.0 Å². The molecule has 0 unspecified atom stereocenters. The summed E-state index contributed by atoms with van der Waals surface area (Å²) in [6, 6.07) is 7.37. The van der Waals surface area contributed by atoms with Crippen molar-refractivity contribution in [2.75, 3.05) is 10.6 Å². The van der Waals surface area contributed by atoms with E-state index in [1.54, 1.807) is 18.3 Å². The van der Waals surface area contributed by atoms with Crippen LogP contribution in [0.2, 0.25) is 5.02 Å². The first-order valence-electron chi connectivity index (χ1n) is 6.59. The van der Waals surface area contributed by atoms with Crippen molar-refractivity contribution >= 4 is 35.2 Å². The molecule has 6 nitrogen and oxygen atoms in total. The molecule has 1 aromatic carbocycles. The lowest BCUT2D eigenvalue weighted by Crippen LogP contribution is -2.14. The molecule has 0 atom stereocenters. The van der Waals surface area contributed by atoms with Crippen LogP contribution in [0.1, 0.15) is 25.0 Å². The minimum Gasteiger partial charge on any atom is -0.311 e. The van der Waals surface area contributed by atoms with Crippen molar-refractivity contribution < 1.29 is 9.59 Å². The number of halogens is 1. The van der Waals surface area contributed by atoms with E-state index in [4.69, 9.17) is 11.6 Å². The lowest BCUT2D eigenvalue weighted by molar-refractivity contribution is -0.115. The van der Waals surface area contributed by atoms with E-state index in [9.17, 15) is 9.59 Å². The minimum absolute atomic E-state index is 0.149. The number of hydrogen-bond acceptors (Lipinski definition) is 4. The smallest absolute Gasteiger partial charge is 0.231 e. The van der Waals surface area contributed by atoms with Crippen molar-refractivity contribution in [3.05, 3.63) is 46.6 Å². The van der Waals surface area contributed by atoms with Gasteiger partial charge in [-0.15, -0.1) is 0 Å². The van der Waals surface area contributed by atoms with Gasteiger partial charge in [-0.2, -0.15) is 4.98 Å². The van der Waals surface area contributed by atoms with Gasteiger partial charge in [0.2, 0.25) is 17.8 Å². The van der Waals surface area contributed by atoms with E-state index in [1.807, 2.05) is 12.1 Å². The van der Waals surface area contributed by atoms with Crippen LogP contribution >= 0.6 is 11.6 Å². The van der Waals surface area contributed by atoms with Crippen LogP contribution in [0.5, 0.6) is 0 Å². The Bertz CT molecular complexity index is 701. The number of rotatable bonds is 4. The minimum atomic E-state index is -0.278. The van der Waals surface area contributed by atoms with Crippen LogP contribution in [0.4, 0.5) is 11.8 Å². The third kappa shape index (κ3) is 4.53. The summed E-state index contributed by atoms with van der Waals surface area (Å²) in [5.74, 6) is 0.00126. The lowest BCUT2D eigenvalue weighted by Gasteiger charge is -2.10. The van der Waals surface area contributed by atoms with Crippen molar-refractivity contribution in [2.24, 2.45) is 0 Å². The lowest BCUT2D eigenvalue weighted by atomic mass is 10.1. The second-order valence-corrected chi connectivity index (χ2v) is 5.17. The van der Waals surface area contributed by atoms with E-state index in [0.717, 1.165) is 11.1 Å². The third-order valence-electron chi connectivity index (χ3n) is 2.75. The van der Waals surface area contributed by atoms with Crippen molar-refractivity contribution in [3.63, 3.8) is 0 Å². The highest BCUT2D eigenvalue weighted by Gasteiger charge is 2.10. The van der Waals surface area contributed by atoms with E-state index in [1.165, 1.54) is 13.8 Å². The van der Waals surface area contributed by atoms with E-state index in [-0.39, 0.29) is 17.8 Å². The Hall–Kier alpha value is -2.47. The largest absolute Gasteiger partial charge is 0.311 e. The van der Waals surface area contributed by atoms with Gasteiger partial charge in [0, 0.05) is 37.1 Å². The first-order chi connectivity index (χ1) is 10.4. The molecular weight excluding hydrogens is 304 g/mol. The summed E-state index contributed by atoms with van der Waals surface area (Å²) in [4.78, 5) is 30.6. The number of anilines is 2. The average Bonchev–Trinajstić information content (AvgIpc) is 2.43. The summed E-state index contributed by atoms with van der Waals surface area (Å²) in [6.45, 7) is 2.76. The quantitative estimate of drug-likeness (QED) is 0.907. The Balaban J connectivity index is 2.30. The summed E-state index contributed by atoms with van der Waals surface area (Å²) in [5.41, 5.74) is 1.75. The highest BCUT2D eigenvalue weighted by Crippen LogP contribution is 2.19. The molecule has 0 aliphatic rings. The van der Waals surface area contributed by atoms with E-state index >= 15 is 0 Å². The van der Waals surface area contributed by atoms with Gasteiger partial charge in [0.1, 0.15) is 5.82 Å². The zero-order valence-electron chi connectivity index (χ0n) is 12.2. The summed E-state index contributed by atoms with van der Waals surface area (Å²) >= 11 is 5.86. The highest BCUT2D eigenvalue weighted by atomic mass is 35.5. The van der Waals surface area contributed by atoms with Crippen LogP contribution in [-0.4, -0.2) is 21.8 Å². The normalized spacial score (nSPS) is 10.1. The van der Waals surface area contributed by atoms with Crippen molar-refractivity contribution in [3.8, 4) is 0 Å². The summed E-state index contributed by atoms with van der Waals surface area (Å²) in [7, 11) is 0. The SMILES string of the molecule is CC(=O)Nc1ncc(Cc2ccc(Cl)cc2)c(NC(C)=O)n1. The molecule has 0 saturated carbocycles. The molecule has 0 aliphatic heterocycles. The molecule has 0 radical (unpaired) electrons. The fourth-order valence-corrected chi connectivity index (χ4v) is 1.98. The molecule has 0 spiro atoms. The molecule has 2 rings (SSSR count). The average molecular weight is 319 g/mol. The van der Waals surface area contributed by atoms with Crippen LogP contribution in [0.3, 0.4) is 0 Å². The van der Waals surface area contributed by atoms with Gasteiger partial charge >= 0.3 is 0 Å². The first kappa shape index (κ1) is 15.9. The fourth-order valence-electron chi connectivity index (χ4n) is 1.85. The second-order valence-electron chi connectivity index (χ2n) is 4.73. The van der Waals surface area contributed by atoms with Crippen LogP contribution < -0.4 is 10.6 Å². The molecule has 0 aliphatic carbocycles. The summed E-state index contributed by atoms with van der Waals surface area (Å²) in [5, 5.41) is 5.79. The molecular formula is C15H15ClN4O2. The maximum atomic E-state index is 11.3. The molecule has 7 heteroatoms. The Morgan fingerprint density at radius 3 is 2.32 bits per heavy atom. The van der Waals surface area contributed by atoms with Gasteiger partial charge in [0.15, 0.2) is 0 Å². The van der Waals surface area contributed by atoms with E-state index in [0.29, 0.717) is 17.3 Å². The van der Waals surface area contributed by atoms with Crippen LogP contribution in [0, 0.1) is 0 Å². The second kappa shape index (κ2) is 7.00. The number of aromatic nitrogens is 2. The summed E-state index contributed by atoms with van der Waals surface area (Å²) in [6.07, 6.45) is 2.12. The molecule has 114 valence electrons. The van der Waals surface area contributed by atoms with Gasteiger partial charge in [-0.1, -0.05) is 23.7 Å². The monoisotopic (exact) mass is 318 g/mol. The molecule has 22 heavy (non-hydrogen) atoms. The first-order valence-corrected chi connectivity index (χ1v) is 6.97. The molecule has 2 amide bonds. The van der Waals surface area contributed by atoms with E-state index in [2.05, 4.69) is 20.6 Å². The molecule has 2 aromatic rings. The van der Waals surface area contributed by atoms with Gasteiger partial charge in [-0.3, -0.25) is 14.9 Å². The molecule has 0 fully saturated rings. The number of nitrogens with one attached hydrogen (secondary N) is 2. The Labute approximate surface area is 132 Å². The molecule has 0 bridgehead atoms. The van der Waals surface area contributed by atoms with Crippen LogP contribution in [0.25, 0.3) is 0 Å². The molecule has 1 aromatic heterocycles. The zero-order chi connectivity index (χ0) is 16.1. The third-order valence-corrected chi connectivity index (χ3v) is 3.01. The zero-order valence-corrected chi connectivity index (χ0v) is 12.9. The van der Waals surface area contributed by atoms with Crippen molar-refractivity contribution in [1.29, 1.82) is 0 Å². The molecule has 2 N–H and O–H groups in total. The van der Waals surface area contributed by atoms with Crippen LogP contribution in [-0.2, 0) is 16.0 Å². The number of amides is 2. The van der Waals surface area contributed by atoms with Crippen LogP contribution in [0.15, 0.2) is 30.5 Å². The molecule has 0 saturated heterocycles. The summed E-state index contributed by atoms with van der Waals surface area (Å²) < 4.78 is 0. The van der Waals surface area contributed by atoms with Gasteiger partial charge in [-0.05, 0) is 17.7 Å². The van der Waals surface area contributed by atoms with Crippen molar-refractivity contribution in [1.82, 2.24) is 9.97 Å². The van der Waals surface area contributed by atoms with Crippen molar-refractivity contribution in [2.45, 2.75) is 20.3 Å². The molecule has 1 heterocycles. The van der Waals surface area contributed by atoms with Gasteiger partial charge in [0.25, 0.3) is 0 Å². The Kier molecular flexibility index (Phi) is 5.06. The maximum absolute atomic E-state index is 11.3. The predicted octanol–water partition coefficient (Wildman–Crippen LogP) is 2.64. The van der Waals surface area contributed by atoms with E-state index < -0.39 is 0 Å². The fraction of sp³-hybridized carbons (Fsp3) is 0.200. The predicted molar refractivity (Wildman–Crippen MR) is 84.9 cm³/mol. The number of carbonyl (C=O) groups excluding carboxylic acids is 2. The number of carbonyl (C=O) groups is 2. The van der Waals surface area contributed by atoms with Gasteiger partial charge in [-0.25, -0.2) is 4.98 Å². The number of nitrogens with zero attached hydrogens (tertiary/aromatic N) is 2.